The van der Waals surface area contributed by atoms with Crippen LogP contribution in [0.5, 0.6) is 5.75 Å². The molecule has 0 bridgehead atoms. The van der Waals surface area contributed by atoms with Gasteiger partial charge in [-0.25, -0.2) is 8.42 Å². The summed E-state index contributed by atoms with van der Waals surface area (Å²) in [5.41, 5.74) is 2.74. The van der Waals surface area contributed by atoms with E-state index in [1.54, 1.807) is 44.4 Å². The van der Waals surface area contributed by atoms with Crippen molar-refractivity contribution in [3.05, 3.63) is 89.5 Å². The Morgan fingerprint density at radius 3 is 2.46 bits per heavy atom. The summed E-state index contributed by atoms with van der Waals surface area (Å²) in [4.78, 5) is 15.5. The highest BCUT2D eigenvalue weighted by Gasteiger charge is 2.28. The van der Waals surface area contributed by atoms with Gasteiger partial charge in [0.05, 0.1) is 12.0 Å². The van der Waals surface area contributed by atoms with Crippen LogP contribution >= 0.6 is 0 Å². The number of hydrogen-bond donors (Lipinski definition) is 2. The first-order valence-electron chi connectivity index (χ1n) is 11.6. The predicted molar refractivity (Wildman–Crippen MR) is 137 cm³/mol. The highest BCUT2D eigenvalue weighted by Crippen LogP contribution is 2.25. The van der Waals surface area contributed by atoms with Gasteiger partial charge < -0.3 is 10.1 Å². The zero-order chi connectivity index (χ0) is 25.0. The number of likely N-dealkylation sites (tertiary alicyclic amines) is 1. The molecule has 35 heavy (non-hydrogen) atoms. The van der Waals surface area contributed by atoms with Gasteiger partial charge in [0.1, 0.15) is 5.75 Å². The molecule has 1 saturated heterocycles. The standard InChI is InChI=1S/C27H31N3O4S/c1-19-9-14-25(35(32,33)29-22-10-12-24(34-3)13-11-22)17-26(19)27(31)28-23-15-16-30(18-23)20(2)21-7-5-4-6-8-21/h4-14,17,20,23,29H,15-16,18H2,1-3H3,(H,28,31). The lowest BCUT2D eigenvalue weighted by Crippen LogP contribution is -2.38. The van der Waals surface area contributed by atoms with Crippen LogP contribution in [-0.2, 0) is 10.0 Å². The van der Waals surface area contributed by atoms with E-state index in [2.05, 4.69) is 34.0 Å². The summed E-state index contributed by atoms with van der Waals surface area (Å²) in [7, 11) is -2.32. The van der Waals surface area contributed by atoms with Gasteiger partial charge in [0.25, 0.3) is 15.9 Å². The number of nitrogens with zero attached hydrogens (tertiary/aromatic N) is 1. The fourth-order valence-corrected chi connectivity index (χ4v) is 5.43. The number of benzene rings is 3. The van der Waals surface area contributed by atoms with Crippen LogP contribution in [0.1, 0.15) is 40.9 Å². The van der Waals surface area contributed by atoms with Crippen molar-refractivity contribution in [1.82, 2.24) is 10.2 Å². The molecule has 2 atom stereocenters. The number of carbonyl (C=O) groups is 1. The zero-order valence-electron chi connectivity index (χ0n) is 20.2. The quantitative estimate of drug-likeness (QED) is 0.487. The fraction of sp³-hybridized carbons (Fsp3) is 0.296. The Balaban J connectivity index is 1.44. The van der Waals surface area contributed by atoms with Crippen LogP contribution in [0.15, 0.2) is 77.7 Å². The Morgan fingerprint density at radius 2 is 1.77 bits per heavy atom. The van der Waals surface area contributed by atoms with Crippen LogP contribution < -0.4 is 14.8 Å². The molecule has 1 heterocycles. The van der Waals surface area contributed by atoms with Crippen LogP contribution in [0.25, 0.3) is 0 Å². The van der Waals surface area contributed by atoms with E-state index >= 15 is 0 Å². The van der Waals surface area contributed by atoms with E-state index in [0.29, 0.717) is 17.0 Å². The molecule has 7 nitrogen and oxygen atoms in total. The maximum Gasteiger partial charge on any atom is 0.261 e. The number of carbonyl (C=O) groups excluding carboxylic acids is 1. The SMILES string of the molecule is COc1ccc(NS(=O)(=O)c2ccc(C)c(C(=O)NC3CCN(C(C)c4ccccc4)C3)c2)cc1. The van der Waals surface area contributed by atoms with Crippen molar-refractivity contribution in [2.75, 3.05) is 24.9 Å². The third kappa shape index (κ3) is 5.83. The van der Waals surface area contributed by atoms with Gasteiger partial charge in [-0.15, -0.1) is 0 Å². The second-order valence-electron chi connectivity index (χ2n) is 8.85. The predicted octanol–water partition coefficient (Wildman–Crippen LogP) is 4.37. The second-order valence-corrected chi connectivity index (χ2v) is 10.5. The van der Waals surface area contributed by atoms with Gasteiger partial charge in [0.15, 0.2) is 0 Å². The molecule has 0 aliphatic carbocycles. The topological polar surface area (TPSA) is 87.7 Å². The third-order valence-electron chi connectivity index (χ3n) is 6.49. The Kier molecular flexibility index (Phi) is 7.42. The number of hydrogen-bond acceptors (Lipinski definition) is 5. The number of anilines is 1. The number of methoxy groups -OCH3 is 1. The molecular weight excluding hydrogens is 462 g/mol. The van der Waals surface area contributed by atoms with E-state index in [1.165, 1.54) is 17.7 Å². The maximum absolute atomic E-state index is 13.1. The van der Waals surface area contributed by atoms with E-state index in [1.807, 2.05) is 18.2 Å². The molecule has 2 N–H and O–H groups in total. The van der Waals surface area contributed by atoms with Crippen LogP contribution in [0.3, 0.4) is 0 Å². The van der Waals surface area contributed by atoms with E-state index in [9.17, 15) is 13.2 Å². The van der Waals surface area contributed by atoms with Gasteiger partial charge in [-0.05, 0) is 67.8 Å². The summed E-state index contributed by atoms with van der Waals surface area (Å²) >= 11 is 0. The Bertz CT molecular complexity index is 1280. The van der Waals surface area contributed by atoms with Gasteiger partial charge in [-0.2, -0.15) is 0 Å². The van der Waals surface area contributed by atoms with Crippen molar-refractivity contribution in [1.29, 1.82) is 0 Å². The van der Waals surface area contributed by atoms with Crippen molar-refractivity contribution in [3.8, 4) is 5.75 Å². The molecule has 3 aromatic rings. The summed E-state index contributed by atoms with van der Waals surface area (Å²) < 4.78 is 33.6. The zero-order valence-corrected chi connectivity index (χ0v) is 21.0. The van der Waals surface area contributed by atoms with Crippen LogP contribution in [0.2, 0.25) is 0 Å². The van der Waals surface area contributed by atoms with E-state index in [4.69, 9.17) is 4.74 Å². The normalized spacial score (nSPS) is 17.1. The molecular formula is C27H31N3O4S. The molecule has 8 heteroatoms. The molecule has 0 radical (unpaired) electrons. The molecule has 0 saturated carbocycles. The lowest BCUT2D eigenvalue weighted by atomic mass is 10.1. The molecule has 2 unspecified atom stereocenters. The molecule has 1 aliphatic rings. The van der Waals surface area contributed by atoms with E-state index in [0.717, 1.165) is 25.1 Å². The average Bonchev–Trinajstić information content (AvgIpc) is 3.32. The van der Waals surface area contributed by atoms with E-state index in [-0.39, 0.29) is 22.9 Å². The molecule has 1 aliphatic heterocycles. The van der Waals surface area contributed by atoms with Crippen molar-refractivity contribution in [3.63, 3.8) is 0 Å². The molecule has 0 aromatic heterocycles. The number of rotatable bonds is 8. The molecule has 1 amide bonds. The van der Waals surface area contributed by atoms with Gasteiger partial charge in [0, 0.05) is 36.4 Å². The number of nitrogens with one attached hydrogen (secondary N) is 2. The van der Waals surface area contributed by atoms with E-state index < -0.39 is 10.0 Å². The molecule has 0 spiro atoms. The summed E-state index contributed by atoms with van der Waals surface area (Å²) in [5.74, 6) is 0.370. The highest BCUT2D eigenvalue weighted by molar-refractivity contribution is 7.92. The minimum absolute atomic E-state index is 0.00532. The Hall–Kier alpha value is -3.36. The van der Waals surface area contributed by atoms with Crippen LogP contribution in [0.4, 0.5) is 5.69 Å². The van der Waals surface area contributed by atoms with Gasteiger partial charge in [-0.1, -0.05) is 36.4 Å². The first-order valence-corrected chi connectivity index (χ1v) is 13.1. The van der Waals surface area contributed by atoms with Crippen molar-refractivity contribution >= 4 is 21.6 Å². The average molecular weight is 494 g/mol. The molecule has 1 fully saturated rings. The number of ether oxygens (including phenoxy) is 1. The van der Waals surface area contributed by atoms with Gasteiger partial charge in [-0.3, -0.25) is 14.4 Å². The Morgan fingerprint density at radius 1 is 1.06 bits per heavy atom. The smallest absolute Gasteiger partial charge is 0.261 e. The van der Waals surface area contributed by atoms with Crippen molar-refractivity contribution in [2.24, 2.45) is 0 Å². The minimum Gasteiger partial charge on any atom is -0.497 e. The highest BCUT2D eigenvalue weighted by atomic mass is 32.2. The number of aryl methyl sites for hydroxylation is 1. The van der Waals surface area contributed by atoms with Crippen LogP contribution in [-0.4, -0.2) is 45.5 Å². The molecule has 3 aromatic carbocycles. The first-order chi connectivity index (χ1) is 16.8. The largest absolute Gasteiger partial charge is 0.497 e. The van der Waals surface area contributed by atoms with Crippen LogP contribution in [0, 0.1) is 6.92 Å². The monoisotopic (exact) mass is 493 g/mol. The third-order valence-corrected chi connectivity index (χ3v) is 7.87. The number of amides is 1. The summed E-state index contributed by atoms with van der Waals surface area (Å²) in [6, 6.07) is 21.8. The molecule has 184 valence electrons. The van der Waals surface area contributed by atoms with Crippen molar-refractivity contribution < 1.29 is 17.9 Å². The lowest BCUT2D eigenvalue weighted by molar-refractivity contribution is 0.0935. The number of sulfonamides is 1. The van der Waals surface area contributed by atoms with Gasteiger partial charge in [0.2, 0.25) is 0 Å². The lowest BCUT2D eigenvalue weighted by Gasteiger charge is -2.25. The molecule has 4 rings (SSSR count). The summed E-state index contributed by atoms with van der Waals surface area (Å²) in [6.45, 7) is 5.62. The second kappa shape index (κ2) is 10.5. The summed E-state index contributed by atoms with van der Waals surface area (Å²) in [6.07, 6.45) is 0.846. The fourth-order valence-electron chi connectivity index (χ4n) is 4.35. The minimum atomic E-state index is -3.86. The maximum atomic E-state index is 13.1. The van der Waals surface area contributed by atoms with Gasteiger partial charge >= 0.3 is 0 Å². The van der Waals surface area contributed by atoms with Crippen molar-refractivity contribution in [2.45, 2.75) is 37.2 Å². The first kappa shape index (κ1) is 24.8. The Labute approximate surface area is 207 Å². The summed E-state index contributed by atoms with van der Waals surface area (Å²) in [5, 5.41) is 3.10.